The standard InChI is InChI=1S/C15H20N4/c1-2-6-12-11(5-1)10-19-15(17-12)9-14(18-19)13-7-3-4-8-16-13/h9-10,13,16H,1-8H2. The van der Waals surface area contributed by atoms with Gasteiger partial charge in [0.2, 0.25) is 0 Å². The van der Waals surface area contributed by atoms with Crippen molar-refractivity contribution in [3.05, 3.63) is 29.2 Å². The third-order valence-corrected chi connectivity index (χ3v) is 4.41. The van der Waals surface area contributed by atoms with Crippen molar-refractivity contribution in [2.24, 2.45) is 0 Å². The summed E-state index contributed by atoms with van der Waals surface area (Å²) in [5.74, 6) is 0. The molecule has 1 aliphatic carbocycles. The second-order valence-electron chi connectivity index (χ2n) is 5.79. The van der Waals surface area contributed by atoms with Gasteiger partial charge in [-0.3, -0.25) is 0 Å². The van der Waals surface area contributed by atoms with Crippen LogP contribution in [-0.2, 0) is 12.8 Å². The monoisotopic (exact) mass is 256 g/mol. The first-order valence-electron chi connectivity index (χ1n) is 7.51. The van der Waals surface area contributed by atoms with Crippen molar-refractivity contribution in [3.8, 4) is 0 Å². The van der Waals surface area contributed by atoms with Gasteiger partial charge in [0, 0.05) is 18.0 Å². The normalized spacial score (nSPS) is 23.5. The number of nitrogens with zero attached hydrogens (tertiary/aromatic N) is 3. The topological polar surface area (TPSA) is 42.2 Å². The number of piperidine rings is 1. The van der Waals surface area contributed by atoms with Gasteiger partial charge in [-0.2, -0.15) is 5.10 Å². The van der Waals surface area contributed by atoms with Crippen LogP contribution in [0.1, 0.15) is 55.1 Å². The van der Waals surface area contributed by atoms with Crippen LogP contribution in [0.4, 0.5) is 0 Å². The Morgan fingerprint density at radius 3 is 3.00 bits per heavy atom. The first-order chi connectivity index (χ1) is 9.40. The molecule has 3 heterocycles. The smallest absolute Gasteiger partial charge is 0.155 e. The fourth-order valence-corrected chi connectivity index (χ4v) is 3.32. The third kappa shape index (κ3) is 2.04. The number of hydrogen-bond acceptors (Lipinski definition) is 3. The number of aryl methyl sites for hydroxylation is 2. The molecule has 1 aliphatic heterocycles. The van der Waals surface area contributed by atoms with Crippen LogP contribution in [0.2, 0.25) is 0 Å². The van der Waals surface area contributed by atoms with Crippen LogP contribution in [0.25, 0.3) is 5.65 Å². The van der Waals surface area contributed by atoms with Gasteiger partial charge >= 0.3 is 0 Å². The highest BCUT2D eigenvalue weighted by Gasteiger charge is 2.19. The molecule has 1 unspecified atom stereocenters. The molecule has 0 spiro atoms. The van der Waals surface area contributed by atoms with E-state index < -0.39 is 0 Å². The summed E-state index contributed by atoms with van der Waals surface area (Å²) in [6.07, 6.45) is 10.8. The summed E-state index contributed by atoms with van der Waals surface area (Å²) in [6.45, 7) is 1.11. The summed E-state index contributed by atoms with van der Waals surface area (Å²) >= 11 is 0. The molecule has 19 heavy (non-hydrogen) atoms. The predicted octanol–water partition coefficient (Wildman–Crippen LogP) is 2.42. The largest absolute Gasteiger partial charge is 0.309 e. The average Bonchev–Trinajstić information content (AvgIpc) is 2.88. The lowest BCUT2D eigenvalue weighted by molar-refractivity contribution is 0.404. The van der Waals surface area contributed by atoms with Gasteiger partial charge in [0.25, 0.3) is 0 Å². The Morgan fingerprint density at radius 1 is 1.16 bits per heavy atom. The molecule has 0 bridgehead atoms. The minimum absolute atomic E-state index is 0.424. The van der Waals surface area contributed by atoms with Crippen molar-refractivity contribution in [1.82, 2.24) is 19.9 Å². The maximum atomic E-state index is 4.80. The minimum Gasteiger partial charge on any atom is -0.309 e. The maximum Gasteiger partial charge on any atom is 0.155 e. The molecule has 2 aliphatic rings. The fourth-order valence-electron chi connectivity index (χ4n) is 3.32. The Hall–Kier alpha value is -1.42. The summed E-state index contributed by atoms with van der Waals surface area (Å²) in [5, 5.41) is 8.30. The van der Waals surface area contributed by atoms with Crippen LogP contribution in [0.5, 0.6) is 0 Å². The SMILES string of the molecule is c1c(C2CCCCN2)nn2cc3c(nc12)CCCC3. The van der Waals surface area contributed by atoms with Gasteiger partial charge in [-0.15, -0.1) is 0 Å². The van der Waals surface area contributed by atoms with Crippen molar-refractivity contribution in [2.45, 2.75) is 51.0 Å². The van der Waals surface area contributed by atoms with Gasteiger partial charge in [-0.25, -0.2) is 9.50 Å². The fraction of sp³-hybridized carbons (Fsp3) is 0.600. The van der Waals surface area contributed by atoms with Gasteiger partial charge in [0.1, 0.15) is 0 Å². The van der Waals surface area contributed by atoms with Gasteiger partial charge in [0.05, 0.1) is 11.7 Å². The molecule has 1 N–H and O–H groups in total. The molecule has 100 valence electrons. The zero-order chi connectivity index (χ0) is 12.7. The summed E-state index contributed by atoms with van der Waals surface area (Å²) in [5.41, 5.74) is 4.87. The lowest BCUT2D eigenvalue weighted by atomic mass is 9.98. The number of nitrogens with one attached hydrogen (secondary N) is 1. The van der Waals surface area contributed by atoms with E-state index in [0.29, 0.717) is 6.04 Å². The van der Waals surface area contributed by atoms with E-state index in [1.54, 1.807) is 0 Å². The van der Waals surface area contributed by atoms with Crippen LogP contribution in [-0.4, -0.2) is 21.1 Å². The average molecular weight is 256 g/mol. The van der Waals surface area contributed by atoms with Crippen molar-refractivity contribution in [1.29, 1.82) is 0 Å². The summed E-state index contributed by atoms with van der Waals surface area (Å²) in [6, 6.07) is 2.59. The second-order valence-corrected chi connectivity index (χ2v) is 5.79. The lowest BCUT2D eigenvalue weighted by Crippen LogP contribution is -2.27. The summed E-state index contributed by atoms with van der Waals surface area (Å²) in [7, 11) is 0. The number of hydrogen-bond donors (Lipinski definition) is 1. The Morgan fingerprint density at radius 2 is 2.11 bits per heavy atom. The predicted molar refractivity (Wildman–Crippen MR) is 74.2 cm³/mol. The second kappa shape index (κ2) is 4.60. The van der Waals surface area contributed by atoms with Crippen LogP contribution >= 0.6 is 0 Å². The lowest BCUT2D eigenvalue weighted by Gasteiger charge is -2.21. The Balaban J connectivity index is 1.73. The van der Waals surface area contributed by atoms with Crippen molar-refractivity contribution >= 4 is 5.65 Å². The molecule has 0 saturated carbocycles. The van der Waals surface area contributed by atoms with Crippen LogP contribution in [0.3, 0.4) is 0 Å². The van der Waals surface area contributed by atoms with Crippen LogP contribution < -0.4 is 5.32 Å². The third-order valence-electron chi connectivity index (χ3n) is 4.41. The molecule has 1 atom stereocenters. The maximum absolute atomic E-state index is 4.80. The molecule has 4 heteroatoms. The first-order valence-corrected chi connectivity index (χ1v) is 7.51. The van der Waals surface area contributed by atoms with E-state index in [9.17, 15) is 0 Å². The zero-order valence-electron chi connectivity index (χ0n) is 11.2. The number of rotatable bonds is 1. The molecule has 0 radical (unpaired) electrons. The van der Waals surface area contributed by atoms with Gasteiger partial charge < -0.3 is 5.32 Å². The van der Waals surface area contributed by atoms with Gasteiger partial charge in [0.15, 0.2) is 5.65 Å². The molecule has 1 saturated heterocycles. The number of aromatic nitrogens is 3. The highest BCUT2D eigenvalue weighted by Crippen LogP contribution is 2.24. The summed E-state index contributed by atoms with van der Waals surface area (Å²) in [4.78, 5) is 4.80. The Bertz CT molecular complexity index is 552. The van der Waals surface area contributed by atoms with Crippen molar-refractivity contribution in [2.75, 3.05) is 6.54 Å². The van der Waals surface area contributed by atoms with Crippen molar-refractivity contribution < 1.29 is 0 Å². The number of fused-ring (bicyclic) bond motifs is 2. The molecule has 4 nitrogen and oxygen atoms in total. The van der Waals surface area contributed by atoms with Crippen LogP contribution in [0, 0.1) is 0 Å². The van der Waals surface area contributed by atoms with Gasteiger partial charge in [-0.05, 0) is 50.6 Å². The molecular formula is C15H20N4. The highest BCUT2D eigenvalue weighted by molar-refractivity contribution is 5.43. The van der Waals surface area contributed by atoms with E-state index in [1.165, 1.54) is 43.4 Å². The molecule has 1 fully saturated rings. The quantitative estimate of drug-likeness (QED) is 0.852. The Labute approximate surface area is 113 Å². The molecular weight excluding hydrogens is 236 g/mol. The molecule has 4 rings (SSSR count). The zero-order valence-corrected chi connectivity index (χ0v) is 11.2. The molecule has 2 aromatic rings. The van der Waals surface area contributed by atoms with Crippen LogP contribution in [0.15, 0.2) is 12.3 Å². The summed E-state index contributed by atoms with van der Waals surface area (Å²) < 4.78 is 1.98. The van der Waals surface area contributed by atoms with E-state index in [0.717, 1.165) is 30.7 Å². The van der Waals surface area contributed by atoms with E-state index in [2.05, 4.69) is 17.6 Å². The molecule has 0 aromatic carbocycles. The van der Waals surface area contributed by atoms with E-state index in [1.807, 2.05) is 4.52 Å². The van der Waals surface area contributed by atoms with E-state index >= 15 is 0 Å². The minimum atomic E-state index is 0.424. The highest BCUT2D eigenvalue weighted by atomic mass is 15.3. The van der Waals surface area contributed by atoms with E-state index in [4.69, 9.17) is 10.1 Å². The molecule has 2 aromatic heterocycles. The Kier molecular flexibility index (Phi) is 2.76. The van der Waals surface area contributed by atoms with Gasteiger partial charge in [-0.1, -0.05) is 6.42 Å². The first kappa shape index (κ1) is 11.4. The van der Waals surface area contributed by atoms with Crippen molar-refractivity contribution in [3.63, 3.8) is 0 Å². The molecule has 0 amide bonds. The van der Waals surface area contributed by atoms with E-state index in [-0.39, 0.29) is 0 Å².